The van der Waals surface area contributed by atoms with E-state index in [1.807, 2.05) is 61.1 Å². The van der Waals surface area contributed by atoms with Crippen LogP contribution in [0.4, 0.5) is 4.79 Å². The topological polar surface area (TPSA) is 82.4 Å². The summed E-state index contributed by atoms with van der Waals surface area (Å²) < 4.78 is 7.41. The van der Waals surface area contributed by atoms with Gasteiger partial charge in [-0.1, -0.05) is 23.7 Å². The first-order chi connectivity index (χ1) is 17.0. The number of urea groups is 1. The lowest BCUT2D eigenvalue weighted by molar-refractivity contribution is -0.133. The van der Waals surface area contributed by atoms with Gasteiger partial charge in [0.2, 0.25) is 0 Å². The van der Waals surface area contributed by atoms with Gasteiger partial charge in [0.25, 0.3) is 5.91 Å². The van der Waals surface area contributed by atoms with Crippen LogP contribution in [0.25, 0.3) is 0 Å². The van der Waals surface area contributed by atoms with E-state index in [0.717, 1.165) is 30.1 Å². The fraction of sp³-hybridized carbons (Fsp3) is 0.480. The van der Waals surface area contributed by atoms with Crippen LogP contribution in [0, 0.1) is 0 Å². The Bertz CT molecular complexity index is 1050. The molecule has 1 aromatic carbocycles. The monoisotopic (exact) mass is 500 g/mol. The molecule has 1 atom stereocenters. The average Bonchev–Trinajstić information content (AvgIpc) is 3.49. The molecule has 2 aliphatic heterocycles. The molecule has 9 nitrogen and oxygen atoms in total. The molecule has 35 heavy (non-hydrogen) atoms. The standard InChI is InChI=1S/C25H33ClN6O3/c1-3-27-25(34)31(12-11-30-13-15-35-16-14-30)18-24(33)32-23(19-6-8-20(26)9-7-19)17-21(28-32)22-5-4-10-29(22)2/h4-10,23H,3,11-18H2,1-2H3,(H,27,34)/t23-/m0/s1. The minimum atomic E-state index is -0.264. The van der Waals surface area contributed by atoms with Gasteiger partial charge in [-0.15, -0.1) is 0 Å². The predicted molar refractivity (Wildman–Crippen MR) is 136 cm³/mol. The molecular weight excluding hydrogens is 468 g/mol. The lowest BCUT2D eigenvalue weighted by Crippen LogP contribution is -2.49. The number of amides is 3. The lowest BCUT2D eigenvalue weighted by atomic mass is 10.0. The Labute approximate surface area is 211 Å². The zero-order chi connectivity index (χ0) is 24.8. The fourth-order valence-electron chi connectivity index (χ4n) is 4.44. The van der Waals surface area contributed by atoms with Crippen molar-refractivity contribution in [1.29, 1.82) is 0 Å². The number of hydrazone groups is 1. The smallest absolute Gasteiger partial charge is 0.317 e. The van der Waals surface area contributed by atoms with Crippen molar-refractivity contribution in [2.75, 3.05) is 52.5 Å². The van der Waals surface area contributed by atoms with Crippen molar-refractivity contribution >= 4 is 29.3 Å². The molecule has 1 saturated heterocycles. The Morgan fingerprint density at radius 1 is 1.20 bits per heavy atom. The van der Waals surface area contributed by atoms with Gasteiger partial charge in [0.15, 0.2) is 0 Å². The molecular formula is C25H33ClN6O3. The van der Waals surface area contributed by atoms with Gasteiger partial charge < -0.3 is 19.5 Å². The van der Waals surface area contributed by atoms with Crippen LogP contribution in [0.2, 0.25) is 5.02 Å². The molecule has 1 N–H and O–H groups in total. The first kappa shape index (κ1) is 25.2. The number of hydrogen-bond donors (Lipinski definition) is 1. The van der Waals surface area contributed by atoms with E-state index in [1.54, 1.807) is 4.90 Å². The summed E-state index contributed by atoms with van der Waals surface area (Å²) in [6.07, 6.45) is 2.54. The number of halogens is 1. The first-order valence-electron chi connectivity index (χ1n) is 12.1. The molecule has 188 valence electrons. The summed E-state index contributed by atoms with van der Waals surface area (Å²) >= 11 is 6.10. The van der Waals surface area contributed by atoms with E-state index in [1.165, 1.54) is 5.01 Å². The van der Waals surface area contributed by atoms with Crippen LogP contribution in [0.5, 0.6) is 0 Å². The zero-order valence-corrected chi connectivity index (χ0v) is 21.1. The molecule has 4 rings (SSSR count). The van der Waals surface area contributed by atoms with E-state index >= 15 is 0 Å². The second-order valence-corrected chi connectivity index (χ2v) is 9.21. The van der Waals surface area contributed by atoms with E-state index in [0.29, 0.717) is 44.3 Å². The maximum atomic E-state index is 13.6. The molecule has 0 aliphatic carbocycles. The summed E-state index contributed by atoms with van der Waals surface area (Å²) in [5, 5.41) is 9.75. The van der Waals surface area contributed by atoms with Crippen LogP contribution in [0.3, 0.4) is 0 Å². The molecule has 0 saturated carbocycles. The highest BCUT2D eigenvalue weighted by molar-refractivity contribution is 6.30. The third kappa shape index (κ3) is 6.22. The Morgan fingerprint density at radius 2 is 1.94 bits per heavy atom. The van der Waals surface area contributed by atoms with Crippen molar-refractivity contribution < 1.29 is 14.3 Å². The average molecular weight is 501 g/mol. The second kappa shape index (κ2) is 11.7. The summed E-state index contributed by atoms with van der Waals surface area (Å²) in [6.45, 7) is 6.47. The van der Waals surface area contributed by atoms with Gasteiger partial charge in [-0.2, -0.15) is 5.10 Å². The van der Waals surface area contributed by atoms with E-state index in [2.05, 4.69) is 10.2 Å². The van der Waals surface area contributed by atoms with Crippen LogP contribution < -0.4 is 5.32 Å². The molecule has 2 aromatic rings. The molecule has 0 radical (unpaired) electrons. The van der Waals surface area contributed by atoms with Gasteiger partial charge in [0.05, 0.1) is 30.7 Å². The number of ether oxygens (including phenoxy) is 1. The van der Waals surface area contributed by atoms with Crippen LogP contribution >= 0.6 is 11.6 Å². The Morgan fingerprint density at radius 3 is 2.60 bits per heavy atom. The van der Waals surface area contributed by atoms with Crippen molar-refractivity contribution in [3.05, 3.63) is 58.9 Å². The molecule has 0 bridgehead atoms. The fourth-order valence-corrected chi connectivity index (χ4v) is 4.56. The van der Waals surface area contributed by atoms with Gasteiger partial charge in [0, 0.05) is 57.4 Å². The van der Waals surface area contributed by atoms with Gasteiger partial charge in [-0.3, -0.25) is 9.69 Å². The number of rotatable bonds is 8. The minimum Gasteiger partial charge on any atom is -0.379 e. The van der Waals surface area contributed by atoms with E-state index in [4.69, 9.17) is 21.4 Å². The summed E-state index contributed by atoms with van der Waals surface area (Å²) in [4.78, 5) is 30.2. The molecule has 3 amide bonds. The number of carbonyl (C=O) groups excluding carboxylic acids is 2. The number of nitrogens with zero attached hydrogens (tertiary/aromatic N) is 5. The van der Waals surface area contributed by atoms with E-state index in [-0.39, 0.29) is 24.5 Å². The Hall–Kier alpha value is -2.88. The van der Waals surface area contributed by atoms with Crippen molar-refractivity contribution in [1.82, 2.24) is 24.7 Å². The first-order valence-corrected chi connectivity index (χ1v) is 12.4. The molecule has 2 aliphatic rings. The second-order valence-electron chi connectivity index (χ2n) is 8.77. The van der Waals surface area contributed by atoms with Gasteiger partial charge >= 0.3 is 6.03 Å². The van der Waals surface area contributed by atoms with Gasteiger partial charge in [0.1, 0.15) is 6.54 Å². The zero-order valence-electron chi connectivity index (χ0n) is 20.3. The molecule has 0 unspecified atom stereocenters. The van der Waals surface area contributed by atoms with Crippen molar-refractivity contribution in [3.8, 4) is 0 Å². The number of nitrogens with one attached hydrogen (secondary N) is 1. The SMILES string of the molecule is CCNC(=O)N(CCN1CCOCC1)CC(=O)N1N=C(c2cccn2C)C[C@H]1c1ccc(Cl)cc1. The number of aromatic nitrogens is 1. The van der Waals surface area contributed by atoms with E-state index in [9.17, 15) is 9.59 Å². The largest absolute Gasteiger partial charge is 0.379 e. The molecule has 10 heteroatoms. The summed E-state index contributed by atoms with van der Waals surface area (Å²) in [5.74, 6) is -0.220. The highest BCUT2D eigenvalue weighted by Crippen LogP contribution is 2.33. The quantitative estimate of drug-likeness (QED) is 0.604. The van der Waals surface area contributed by atoms with Crippen molar-refractivity contribution in [2.45, 2.75) is 19.4 Å². The predicted octanol–water partition coefficient (Wildman–Crippen LogP) is 2.72. The number of hydrogen-bond acceptors (Lipinski definition) is 5. The summed E-state index contributed by atoms with van der Waals surface area (Å²) in [7, 11) is 1.96. The third-order valence-corrected chi connectivity index (χ3v) is 6.64. The maximum Gasteiger partial charge on any atom is 0.317 e. The highest BCUT2D eigenvalue weighted by atomic mass is 35.5. The van der Waals surface area contributed by atoms with E-state index < -0.39 is 0 Å². The van der Waals surface area contributed by atoms with Gasteiger partial charge in [-0.05, 0) is 36.8 Å². The van der Waals surface area contributed by atoms with Crippen LogP contribution in [0.1, 0.15) is 30.6 Å². The third-order valence-electron chi connectivity index (χ3n) is 6.39. The van der Waals surface area contributed by atoms with Gasteiger partial charge in [-0.25, -0.2) is 9.80 Å². The van der Waals surface area contributed by atoms with Crippen LogP contribution in [-0.4, -0.2) is 89.5 Å². The number of morpholine rings is 1. The Balaban J connectivity index is 1.54. The van der Waals surface area contributed by atoms with Crippen LogP contribution in [0.15, 0.2) is 47.7 Å². The maximum absolute atomic E-state index is 13.6. The summed E-state index contributed by atoms with van der Waals surface area (Å²) in [5.41, 5.74) is 2.75. The highest BCUT2D eigenvalue weighted by Gasteiger charge is 2.35. The number of carbonyl (C=O) groups is 2. The lowest BCUT2D eigenvalue weighted by Gasteiger charge is -2.31. The molecule has 1 aromatic heterocycles. The number of aryl methyl sites for hydroxylation is 1. The minimum absolute atomic E-state index is 0.0514. The molecule has 3 heterocycles. The van der Waals surface area contributed by atoms with Crippen molar-refractivity contribution in [2.24, 2.45) is 12.1 Å². The Kier molecular flexibility index (Phi) is 8.43. The van der Waals surface area contributed by atoms with Crippen LogP contribution in [-0.2, 0) is 16.6 Å². The van der Waals surface area contributed by atoms with Crippen molar-refractivity contribution in [3.63, 3.8) is 0 Å². The number of benzene rings is 1. The molecule has 0 spiro atoms. The summed E-state index contributed by atoms with van der Waals surface area (Å²) in [6, 6.07) is 10.9. The molecule has 1 fully saturated rings. The normalized spacial score (nSPS) is 18.4.